The summed E-state index contributed by atoms with van der Waals surface area (Å²) in [5.41, 5.74) is -12.4. The Kier molecular flexibility index (Phi) is 59.6. The SMILES string of the molecule is CCCCCCCCCCCP(CCCCCCCCCCC)(CCCCCCCCCCC)=[N+]=P(CCCCCCCCCCC)(CCCCCCCCCCC)CCCCCCCCCCC.O=S(=O)([N-]S(=O)(=O)C(F)(F)F)C(F)(F)F. The molecule has 0 atom stereocenters. The predicted molar refractivity (Wildman–Crippen MR) is 362 cm³/mol. The molecule has 0 aromatic carbocycles. The molecule has 0 radical (unpaired) electrons. The summed E-state index contributed by atoms with van der Waals surface area (Å²) >= 11 is 0. The highest BCUT2D eigenvalue weighted by Gasteiger charge is 2.47. The van der Waals surface area contributed by atoms with Crippen LogP contribution in [0.2, 0.25) is 0 Å². The molecule has 0 heterocycles. The van der Waals surface area contributed by atoms with Gasteiger partial charge in [0.2, 0.25) is 14.1 Å². The average Bonchev–Trinajstić information content (AvgIpc) is 3.59. The summed E-state index contributed by atoms with van der Waals surface area (Å²) in [4.78, 5) is 0. The van der Waals surface area contributed by atoms with Gasteiger partial charge in [-0.3, -0.25) is 0 Å². The van der Waals surface area contributed by atoms with Crippen LogP contribution in [0.3, 0.4) is 0 Å². The Morgan fingerprint density at radius 1 is 0.238 bits per heavy atom. The van der Waals surface area contributed by atoms with E-state index in [1.807, 2.05) is 0 Å². The van der Waals surface area contributed by atoms with Crippen molar-refractivity contribution in [3.63, 3.8) is 0 Å². The number of unbranched alkanes of at least 4 members (excludes halogenated alkanes) is 48. The topological polar surface area (TPSA) is 96.5 Å². The zero-order valence-corrected chi connectivity index (χ0v) is 59.4. The molecule has 0 aliphatic heterocycles. The molecule has 6 nitrogen and oxygen atoms in total. The zero-order valence-electron chi connectivity index (χ0n) is 55.9. The maximum atomic E-state index is 11.4. The van der Waals surface area contributed by atoms with Gasteiger partial charge < -0.3 is 4.13 Å². The van der Waals surface area contributed by atoms with Crippen molar-refractivity contribution >= 4 is 34.2 Å². The van der Waals surface area contributed by atoms with Gasteiger partial charge in [0, 0.05) is 37.0 Å². The van der Waals surface area contributed by atoms with Crippen LogP contribution in [0.25, 0.3) is 4.13 Å². The molecule has 84 heavy (non-hydrogen) atoms. The van der Waals surface area contributed by atoms with E-state index in [0.29, 0.717) is 0 Å². The van der Waals surface area contributed by atoms with Crippen molar-refractivity contribution in [1.29, 1.82) is 0 Å². The van der Waals surface area contributed by atoms with E-state index in [1.54, 1.807) is 0 Å². The maximum Gasteiger partial charge on any atom is 0.480 e. The highest BCUT2D eigenvalue weighted by atomic mass is 32.3. The Labute approximate surface area is 519 Å². The Morgan fingerprint density at radius 2 is 0.357 bits per heavy atom. The van der Waals surface area contributed by atoms with Crippen molar-refractivity contribution in [1.82, 2.24) is 4.17 Å². The summed E-state index contributed by atoms with van der Waals surface area (Å²) in [6.45, 7) is 14.2. The van der Waals surface area contributed by atoms with E-state index in [4.69, 9.17) is 4.17 Å². The predicted octanol–water partition coefficient (Wildman–Crippen LogP) is 26.7. The molecular formula is C68H138F6N2O4P2S2. The molecule has 0 N–H and O–H groups in total. The summed E-state index contributed by atoms with van der Waals surface area (Å²) in [7, 11) is -16.2. The molecule has 0 spiro atoms. The van der Waals surface area contributed by atoms with Gasteiger partial charge in [-0.2, -0.15) is 30.5 Å². The van der Waals surface area contributed by atoms with Crippen LogP contribution in [-0.4, -0.2) is 64.8 Å². The summed E-state index contributed by atoms with van der Waals surface area (Å²) in [5.74, 6) is 0. The quantitative estimate of drug-likeness (QED) is 0.0262. The van der Waals surface area contributed by atoms with Crippen LogP contribution in [0.4, 0.5) is 26.3 Å². The van der Waals surface area contributed by atoms with Crippen LogP contribution >= 0.6 is 14.1 Å². The fraction of sp³-hybridized carbons (Fsp3) is 1.00. The van der Waals surface area contributed by atoms with E-state index in [0.717, 1.165) is 4.13 Å². The third kappa shape index (κ3) is 51.7. The summed E-state index contributed by atoms with van der Waals surface area (Å²) in [6, 6.07) is 0. The molecule has 0 unspecified atom stereocenters. The molecule has 0 rings (SSSR count). The number of hydrogen-bond acceptors (Lipinski definition) is 4. The molecule has 0 bridgehead atoms. The lowest BCUT2D eigenvalue weighted by Gasteiger charge is -2.22. The van der Waals surface area contributed by atoms with Crippen LogP contribution in [-0.2, 0) is 20.0 Å². The third-order valence-electron chi connectivity index (χ3n) is 17.2. The second-order valence-corrected chi connectivity index (χ2v) is 36.7. The van der Waals surface area contributed by atoms with Crippen molar-refractivity contribution in [2.24, 2.45) is 0 Å². The molecule has 0 amide bonds. The van der Waals surface area contributed by atoms with Gasteiger partial charge in [-0.25, -0.2) is 16.8 Å². The Morgan fingerprint density at radius 3 is 0.476 bits per heavy atom. The van der Waals surface area contributed by atoms with Crippen molar-refractivity contribution < 1.29 is 43.2 Å². The van der Waals surface area contributed by atoms with Crippen LogP contribution in [0.15, 0.2) is 0 Å². The van der Waals surface area contributed by atoms with Gasteiger partial charge in [-0.05, 0) is 38.5 Å². The first-order valence-corrected chi connectivity index (χ1v) is 43.6. The lowest BCUT2D eigenvalue weighted by Crippen LogP contribution is -2.30. The largest absolute Gasteiger partial charge is 0.480 e. The van der Waals surface area contributed by atoms with E-state index in [2.05, 4.69) is 41.5 Å². The number of sulfonamides is 2. The molecule has 16 heteroatoms. The minimum Gasteiger partial charge on any atom is -0.421 e. The van der Waals surface area contributed by atoms with Gasteiger partial charge >= 0.3 is 11.0 Å². The molecule has 0 fully saturated rings. The molecule has 508 valence electrons. The minimum atomic E-state index is -6.72. The molecule has 0 aromatic rings. The Hall–Kier alpha value is 0.0100. The summed E-state index contributed by atoms with van der Waals surface area (Å²) in [6.07, 6.45) is 88.2. The monoisotopic (exact) mass is 1290 g/mol. The van der Waals surface area contributed by atoms with Crippen molar-refractivity contribution in [3.05, 3.63) is 4.13 Å². The number of nitrogens with zero attached hydrogens (tertiary/aromatic N) is 2. The van der Waals surface area contributed by atoms with E-state index >= 15 is 0 Å². The van der Waals surface area contributed by atoms with Gasteiger partial charge in [0.15, 0.2) is 20.0 Å². The molecule has 0 saturated heterocycles. The Balaban J connectivity index is 0. The smallest absolute Gasteiger partial charge is 0.421 e. The zero-order chi connectivity index (χ0) is 62.8. The molecule has 0 aliphatic rings. The molecule has 0 saturated carbocycles. The van der Waals surface area contributed by atoms with Crippen molar-refractivity contribution in [3.8, 4) is 0 Å². The van der Waals surface area contributed by atoms with Crippen LogP contribution < -0.4 is 4.17 Å². The summed E-state index contributed by atoms with van der Waals surface area (Å²) < 4.78 is 116. The van der Waals surface area contributed by atoms with E-state index in [-0.39, 0.29) is 0 Å². The van der Waals surface area contributed by atoms with E-state index < -0.39 is 45.2 Å². The lowest BCUT2D eigenvalue weighted by atomic mass is 10.1. The standard InChI is InChI=1S/C66H138NP2.C2F6NO4S2/c1-7-13-19-25-31-37-43-49-55-61-68(62-56-50-44-38-32-26-20-14-8-2,63-57-51-45-39-33-27-21-15-9-3)67-69(64-58-52-46-40-34-28-22-16-10-4,65-59-53-47-41-35-29-23-17-11-5)66-60-54-48-42-36-30-24-18-12-6;3-1(4,5)14(10,11)9-15(12,13)2(6,7)8/h7-66H2,1-6H3;/q+1;-1. The van der Waals surface area contributed by atoms with Gasteiger partial charge in [0.05, 0.1) is 0 Å². The molecule has 0 aromatic heterocycles. The molecule has 0 aliphatic carbocycles. The number of halogens is 6. The highest BCUT2D eigenvalue weighted by Crippen LogP contribution is 2.56. The average molecular weight is 1290 g/mol. The fourth-order valence-electron chi connectivity index (χ4n) is 11.9. The van der Waals surface area contributed by atoms with Crippen LogP contribution in [0, 0.1) is 0 Å². The maximum absolute atomic E-state index is 11.4. The normalized spacial score (nSPS) is 12.7. The number of hydrogen-bond donors (Lipinski definition) is 0. The van der Waals surface area contributed by atoms with Crippen molar-refractivity contribution in [2.75, 3.05) is 37.0 Å². The van der Waals surface area contributed by atoms with Gasteiger partial charge in [0.25, 0.3) is 0 Å². The van der Waals surface area contributed by atoms with Gasteiger partial charge in [-0.1, -0.05) is 350 Å². The second-order valence-electron chi connectivity index (χ2n) is 25.5. The lowest BCUT2D eigenvalue weighted by molar-refractivity contribution is -0.0444. The summed E-state index contributed by atoms with van der Waals surface area (Å²) in [5, 5.41) is 0. The van der Waals surface area contributed by atoms with Crippen molar-refractivity contribution in [2.45, 2.75) is 399 Å². The van der Waals surface area contributed by atoms with Gasteiger partial charge in [0.1, 0.15) is 0 Å². The minimum absolute atomic E-state index is 0.778. The van der Waals surface area contributed by atoms with Crippen LogP contribution in [0.1, 0.15) is 388 Å². The first-order chi connectivity index (χ1) is 40.3. The van der Waals surface area contributed by atoms with Gasteiger partial charge in [-0.15, -0.1) is 0 Å². The third-order valence-corrected chi connectivity index (χ3v) is 29.9. The van der Waals surface area contributed by atoms with E-state index in [9.17, 15) is 43.2 Å². The van der Waals surface area contributed by atoms with E-state index in [1.165, 1.54) is 384 Å². The first-order valence-electron chi connectivity index (χ1n) is 36.1. The fourth-order valence-corrected chi connectivity index (χ4v) is 25.1. The van der Waals surface area contributed by atoms with Crippen LogP contribution in [0.5, 0.6) is 0 Å². The second kappa shape index (κ2) is 58.1. The Bertz CT molecular complexity index is 1530. The first kappa shape index (κ1) is 86.1. The number of rotatable bonds is 62. The molecular weight excluding hydrogens is 1150 g/mol. The highest BCUT2D eigenvalue weighted by molar-refractivity contribution is 8.13. The number of alkyl halides is 6.